The predicted octanol–water partition coefficient (Wildman–Crippen LogP) is 5.46. The highest BCUT2D eigenvalue weighted by molar-refractivity contribution is 7.98. The van der Waals surface area contributed by atoms with Gasteiger partial charge in [0.2, 0.25) is 0 Å². The van der Waals surface area contributed by atoms with Gasteiger partial charge in [-0.2, -0.15) is 5.10 Å². The lowest BCUT2D eigenvalue weighted by Gasteiger charge is -2.11. The van der Waals surface area contributed by atoms with Gasteiger partial charge in [0.05, 0.1) is 6.21 Å². The molecule has 0 fully saturated rings. The van der Waals surface area contributed by atoms with E-state index in [-0.39, 0.29) is 5.91 Å². The van der Waals surface area contributed by atoms with Gasteiger partial charge >= 0.3 is 0 Å². The van der Waals surface area contributed by atoms with Crippen LogP contribution in [-0.4, -0.2) is 26.2 Å². The van der Waals surface area contributed by atoms with E-state index in [2.05, 4.69) is 10.5 Å². The molecule has 0 aliphatic rings. The summed E-state index contributed by atoms with van der Waals surface area (Å²) in [6.07, 6.45) is 1.63. The van der Waals surface area contributed by atoms with Crippen LogP contribution in [-0.2, 0) is 5.75 Å². The molecule has 29 heavy (non-hydrogen) atoms. The van der Waals surface area contributed by atoms with Crippen LogP contribution in [0.15, 0.2) is 82.8 Å². The third-order valence-corrected chi connectivity index (χ3v) is 5.56. The molecule has 6 heteroatoms. The van der Waals surface area contributed by atoms with Crippen LogP contribution >= 0.6 is 23.4 Å². The lowest BCUT2D eigenvalue weighted by atomic mass is 10.1. The molecule has 3 aromatic carbocycles. The van der Waals surface area contributed by atoms with Gasteiger partial charge in [0, 0.05) is 41.0 Å². The van der Waals surface area contributed by atoms with Gasteiger partial charge < -0.3 is 4.90 Å². The first kappa shape index (κ1) is 21.0. The lowest BCUT2D eigenvalue weighted by molar-refractivity contribution is 0.0955. The van der Waals surface area contributed by atoms with Crippen molar-refractivity contribution in [3.05, 3.63) is 94.5 Å². The number of anilines is 1. The molecule has 0 saturated heterocycles. The lowest BCUT2D eigenvalue weighted by Crippen LogP contribution is -2.17. The summed E-state index contributed by atoms with van der Waals surface area (Å²) in [7, 11) is 3.98. The maximum absolute atomic E-state index is 12.3. The zero-order valence-electron chi connectivity index (χ0n) is 16.3. The molecule has 0 saturated carbocycles. The fraction of sp³-hybridized carbons (Fsp3) is 0.130. The number of nitrogens with zero attached hydrogens (tertiary/aromatic N) is 2. The molecule has 0 radical (unpaired) electrons. The second-order valence-corrected chi connectivity index (χ2v) is 8.11. The highest BCUT2D eigenvalue weighted by Gasteiger charge is 2.04. The van der Waals surface area contributed by atoms with E-state index in [1.165, 1.54) is 0 Å². The van der Waals surface area contributed by atoms with Crippen molar-refractivity contribution in [3.8, 4) is 0 Å². The number of carbonyl (C=O) groups excluding carboxylic acids is 1. The minimum absolute atomic E-state index is 0.233. The molecule has 1 N–H and O–H groups in total. The molecule has 0 heterocycles. The van der Waals surface area contributed by atoms with E-state index in [0.717, 1.165) is 32.5 Å². The van der Waals surface area contributed by atoms with Crippen molar-refractivity contribution in [2.24, 2.45) is 5.10 Å². The Bertz CT molecular complexity index is 969. The van der Waals surface area contributed by atoms with Crippen LogP contribution in [0.5, 0.6) is 0 Å². The molecule has 0 atom stereocenters. The van der Waals surface area contributed by atoms with E-state index in [0.29, 0.717) is 5.56 Å². The zero-order valence-corrected chi connectivity index (χ0v) is 17.9. The second-order valence-electron chi connectivity index (χ2n) is 6.62. The Kier molecular flexibility index (Phi) is 7.33. The molecule has 4 nitrogen and oxygen atoms in total. The Labute approximate surface area is 180 Å². The zero-order chi connectivity index (χ0) is 20.6. The average Bonchev–Trinajstić information content (AvgIpc) is 2.74. The molecular weight excluding hydrogens is 402 g/mol. The van der Waals surface area contributed by atoms with Crippen LogP contribution in [0.3, 0.4) is 0 Å². The third kappa shape index (κ3) is 6.38. The second kappa shape index (κ2) is 10.1. The number of hydrogen-bond acceptors (Lipinski definition) is 4. The summed E-state index contributed by atoms with van der Waals surface area (Å²) in [6, 6.07) is 23.2. The number of halogens is 1. The Morgan fingerprint density at radius 3 is 2.28 bits per heavy atom. The van der Waals surface area contributed by atoms with Gasteiger partial charge in [0.1, 0.15) is 0 Å². The topological polar surface area (TPSA) is 44.7 Å². The fourth-order valence-corrected chi connectivity index (χ4v) is 3.52. The number of hydrogen-bond donors (Lipinski definition) is 1. The van der Waals surface area contributed by atoms with Crippen LogP contribution in [0.25, 0.3) is 0 Å². The molecule has 0 aliphatic heterocycles. The minimum atomic E-state index is -0.233. The highest BCUT2D eigenvalue weighted by Crippen LogP contribution is 2.24. The van der Waals surface area contributed by atoms with Gasteiger partial charge in [-0.05, 0) is 59.7 Å². The first-order valence-electron chi connectivity index (χ1n) is 9.09. The predicted molar refractivity (Wildman–Crippen MR) is 123 cm³/mol. The molecule has 0 aliphatic carbocycles. The molecule has 3 aromatic rings. The van der Waals surface area contributed by atoms with Crippen molar-refractivity contribution in [2.45, 2.75) is 10.6 Å². The molecular formula is C23H22ClN3OS. The average molecular weight is 424 g/mol. The Hall–Kier alpha value is -2.76. The number of carbonyl (C=O) groups is 1. The summed E-state index contributed by atoms with van der Waals surface area (Å²) >= 11 is 7.63. The van der Waals surface area contributed by atoms with Gasteiger partial charge in [0.25, 0.3) is 5.91 Å². The first-order chi connectivity index (χ1) is 14.0. The monoisotopic (exact) mass is 423 g/mol. The van der Waals surface area contributed by atoms with Gasteiger partial charge in [-0.3, -0.25) is 4.79 Å². The number of amides is 1. The third-order valence-electron chi connectivity index (χ3n) is 4.22. The fourth-order valence-electron chi connectivity index (χ4n) is 2.54. The van der Waals surface area contributed by atoms with E-state index in [4.69, 9.17) is 11.6 Å². The molecule has 0 spiro atoms. The molecule has 1 amide bonds. The van der Waals surface area contributed by atoms with Crippen molar-refractivity contribution >= 4 is 41.2 Å². The summed E-state index contributed by atoms with van der Waals surface area (Å²) in [5.41, 5.74) is 6.32. The number of nitrogens with one attached hydrogen (secondary N) is 1. The SMILES string of the molecule is CN(C)c1ccc(/C=N/NC(=O)c2ccc(CSc3ccc(Cl)cc3)cc2)cc1. The van der Waals surface area contributed by atoms with Gasteiger partial charge in [-0.1, -0.05) is 35.9 Å². The Balaban J connectivity index is 1.51. The molecule has 148 valence electrons. The van der Waals surface area contributed by atoms with Crippen molar-refractivity contribution in [1.29, 1.82) is 0 Å². The van der Waals surface area contributed by atoms with Gasteiger partial charge in [-0.15, -0.1) is 11.8 Å². The van der Waals surface area contributed by atoms with Crippen molar-refractivity contribution < 1.29 is 4.79 Å². The largest absolute Gasteiger partial charge is 0.378 e. The van der Waals surface area contributed by atoms with Gasteiger partial charge in [0.15, 0.2) is 0 Å². The number of hydrazone groups is 1. The maximum Gasteiger partial charge on any atom is 0.271 e. The number of rotatable bonds is 7. The summed E-state index contributed by atoms with van der Waals surface area (Å²) in [5.74, 6) is 0.591. The first-order valence-corrected chi connectivity index (χ1v) is 10.5. The molecule has 0 bridgehead atoms. The van der Waals surface area contributed by atoms with Crippen molar-refractivity contribution in [1.82, 2.24) is 5.43 Å². The number of thioether (sulfide) groups is 1. The number of benzene rings is 3. The highest BCUT2D eigenvalue weighted by atomic mass is 35.5. The smallest absolute Gasteiger partial charge is 0.271 e. The molecule has 0 aromatic heterocycles. The quantitative estimate of drug-likeness (QED) is 0.311. The van der Waals surface area contributed by atoms with Crippen LogP contribution in [0.1, 0.15) is 21.5 Å². The Morgan fingerprint density at radius 1 is 1.00 bits per heavy atom. The minimum Gasteiger partial charge on any atom is -0.378 e. The van der Waals surface area contributed by atoms with E-state index < -0.39 is 0 Å². The van der Waals surface area contributed by atoms with Crippen LogP contribution in [0.4, 0.5) is 5.69 Å². The molecule has 3 rings (SSSR count). The normalized spacial score (nSPS) is 10.9. The maximum atomic E-state index is 12.3. The van der Waals surface area contributed by atoms with Crippen molar-refractivity contribution in [2.75, 3.05) is 19.0 Å². The van der Waals surface area contributed by atoms with Gasteiger partial charge in [-0.25, -0.2) is 5.43 Å². The van der Waals surface area contributed by atoms with Crippen LogP contribution in [0, 0.1) is 0 Å². The van der Waals surface area contributed by atoms with Crippen LogP contribution in [0.2, 0.25) is 5.02 Å². The summed E-state index contributed by atoms with van der Waals surface area (Å²) in [6.45, 7) is 0. The van der Waals surface area contributed by atoms with E-state index in [1.54, 1.807) is 18.0 Å². The molecule has 0 unspecified atom stereocenters. The van der Waals surface area contributed by atoms with Crippen LogP contribution < -0.4 is 10.3 Å². The summed E-state index contributed by atoms with van der Waals surface area (Å²) < 4.78 is 0. The summed E-state index contributed by atoms with van der Waals surface area (Å²) in [5, 5.41) is 4.78. The van der Waals surface area contributed by atoms with E-state index >= 15 is 0 Å². The summed E-state index contributed by atoms with van der Waals surface area (Å²) in [4.78, 5) is 15.4. The van der Waals surface area contributed by atoms with E-state index in [9.17, 15) is 4.79 Å². The van der Waals surface area contributed by atoms with E-state index in [1.807, 2.05) is 91.8 Å². The standard InChI is InChI=1S/C23H22ClN3OS/c1-27(2)21-11-5-17(6-12-21)15-25-26-23(28)19-7-3-18(4-8-19)16-29-22-13-9-20(24)10-14-22/h3-15H,16H2,1-2H3,(H,26,28)/b25-15+. The van der Waals surface area contributed by atoms with Crippen molar-refractivity contribution in [3.63, 3.8) is 0 Å². The Morgan fingerprint density at radius 2 is 1.66 bits per heavy atom.